The number of methoxy groups -OCH3 is 1. The molecule has 0 radical (unpaired) electrons. The van der Waals surface area contributed by atoms with Gasteiger partial charge in [0.15, 0.2) is 5.75 Å². The van der Waals surface area contributed by atoms with Gasteiger partial charge in [0.1, 0.15) is 5.54 Å². The first-order chi connectivity index (χ1) is 12.4. The molecule has 2 unspecified atom stereocenters. The smallest absolute Gasteiger partial charge is 0.330 e. The first-order valence-corrected chi connectivity index (χ1v) is 7.82. The molecule has 0 aromatic heterocycles. The first-order valence-electron chi connectivity index (χ1n) is 7.82. The van der Waals surface area contributed by atoms with Crippen LogP contribution in [0.15, 0.2) is 48.5 Å². The molecule has 26 heavy (non-hydrogen) atoms. The molecular formula is C18H16N2O6. The van der Waals surface area contributed by atoms with Gasteiger partial charge in [0.05, 0.1) is 12.0 Å². The van der Waals surface area contributed by atoms with Crippen LogP contribution in [0, 0.1) is 10.1 Å². The summed E-state index contributed by atoms with van der Waals surface area (Å²) in [5.74, 6) is -2.14. The molecule has 8 nitrogen and oxygen atoms in total. The molecular weight excluding hydrogens is 340 g/mol. The predicted octanol–water partition coefficient (Wildman–Crippen LogP) is 2.34. The Bertz CT molecular complexity index is 883. The molecule has 0 heterocycles. The zero-order valence-electron chi connectivity index (χ0n) is 13.8. The Labute approximate surface area is 148 Å². The van der Waals surface area contributed by atoms with Gasteiger partial charge in [0, 0.05) is 23.6 Å². The van der Waals surface area contributed by atoms with E-state index < -0.39 is 22.3 Å². The number of nitro groups is 1. The number of amides is 1. The molecule has 1 fully saturated rings. The van der Waals surface area contributed by atoms with Crippen LogP contribution in [0.25, 0.3) is 0 Å². The fourth-order valence-electron chi connectivity index (χ4n) is 3.02. The number of ether oxygens (including phenoxy) is 1. The van der Waals surface area contributed by atoms with E-state index >= 15 is 0 Å². The van der Waals surface area contributed by atoms with Crippen LogP contribution in [0.1, 0.15) is 28.3 Å². The van der Waals surface area contributed by atoms with Gasteiger partial charge >= 0.3 is 11.7 Å². The predicted molar refractivity (Wildman–Crippen MR) is 91.3 cm³/mol. The van der Waals surface area contributed by atoms with E-state index in [4.69, 9.17) is 4.74 Å². The van der Waals surface area contributed by atoms with Gasteiger partial charge in [-0.1, -0.05) is 30.3 Å². The Morgan fingerprint density at radius 3 is 2.54 bits per heavy atom. The lowest BCUT2D eigenvalue weighted by atomic mass is 10.1. The third kappa shape index (κ3) is 2.97. The Morgan fingerprint density at radius 2 is 1.96 bits per heavy atom. The molecule has 8 heteroatoms. The normalized spacial score (nSPS) is 20.9. The molecule has 1 saturated carbocycles. The summed E-state index contributed by atoms with van der Waals surface area (Å²) >= 11 is 0. The summed E-state index contributed by atoms with van der Waals surface area (Å²) in [6, 6.07) is 12.7. The van der Waals surface area contributed by atoms with Crippen LogP contribution in [0.3, 0.4) is 0 Å². The van der Waals surface area contributed by atoms with Gasteiger partial charge in [-0.15, -0.1) is 0 Å². The minimum Gasteiger partial charge on any atom is -0.490 e. The standard InChI is InChI=1S/C18H16N2O6/c1-26-15-9-12(7-8-14(15)20(24)25)16(21)19-18(17(22)23)10-13(18)11-5-3-2-4-6-11/h2-9,13H,10H2,1H3,(H,19,21)(H,22,23). The maximum absolute atomic E-state index is 12.5. The van der Waals surface area contributed by atoms with Crippen LogP contribution in [0.2, 0.25) is 0 Å². The second kappa shape index (κ2) is 6.47. The van der Waals surface area contributed by atoms with Crippen LogP contribution in [-0.4, -0.2) is 34.6 Å². The molecule has 2 aromatic rings. The van der Waals surface area contributed by atoms with E-state index in [1.54, 1.807) is 0 Å². The number of nitro benzene ring substituents is 1. The van der Waals surface area contributed by atoms with Crippen molar-refractivity contribution < 1.29 is 24.4 Å². The summed E-state index contributed by atoms with van der Waals surface area (Å²) in [6.07, 6.45) is 0.280. The molecule has 1 aliphatic rings. The molecule has 2 atom stereocenters. The van der Waals surface area contributed by atoms with Crippen LogP contribution < -0.4 is 10.1 Å². The zero-order chi connectivity index (χ0) is 18.9. The number of nitrogens with one attached hydrogen (secondary N) is 1. The van der Waals surface area contributed by atoms with E-state index in [-0.39, 0.29) is 29.3 Å². The summed E-state index contributed by atoms with van der Waals surface area (Å²) in [4.78, 5) is 34.6. The number of carbonyl (C=O) groups is 2. The van der Waals surface area contributed by atoms with Crippen molar-refractivity contribution in [1.29, 1.82) is 0 Å². The van der Waals surface area contributed by atoms with Crippen LogP contribution >= 0.6 is 0 Å². The van der Waals surface area contributed by atoms with E-state index in [1.807, 2.05) is 30.3 Å². The second-order valence-electron chi connectivity index (χ2n) is 6.04. The molecule has 1 aliphatic carbocycles. The monoisotopic (exact) mass is 356 g/mol. The molecule has 2 N–H and O–H groups in total. The highest BCUT2D eigenvalue weighted by molar-refractivity contribution is 6.00. The Kier molecular flexibility index (Phi) is 4.33. The van der Waals surface area contributed by atoms with Gasteiger partial charge in [-0.3, -0.25) is 14.9 Å². The van der Waals surface area contributed by atoms with Gasteiger partial charge in [-0.25, -0.2) is 4.79 Å². The van der Waals surface area contributed by atoms with Gasteiger partial charge in [-0.05, 0) is 18.1 Å². The van der Waals surface area contributed by atoms with Crippen molar-refractivity contribution in [3.8, 4) is 5.75 Å². The van der Waals surface area contributed by atoms with E-state index in [2.05, 4.69) is 5.32 Å². The van der Waals surface area contributed by atoms with Crippen molar-refractivity contribution in [1.82, 2.24) is 5.32 Å². The van der Waals surface area contributed by atoms with Crippen LogP contribution in [0.5, 0.6) is 5.75 Å². The fraction of sp³-hybridized carbons (Fsp3) is 0.222. The number of rotatable bonds is 6. The molecule has 134 valence electrons. The van der Waals surface area contributed by atoms with E-state index in [0.717, 1.165) is 11.6 Å². The highest BCUT2D eigenvalue weighted by Gasteiger charge is 2.62. The Morgan fingerprint density at radius 1 is 1.27 bits per heavy atom. The number of carboxylic acid groups (broad SMARTS) is 1. The molecule has 0 saturated heterocycles. The van der Waals surface area contributed by atoms with E-state index in [1.165, 1.54) is 19.2 Å². The molecule has 0 bridgehead atoms. The molecule has 2 aromatic carbocycles. The third-order valence-corrected chi connectivity index (χ3v) is 4.52. The average molecular weight is 356 g/mol. The number of nitrogens with zero attached hydrogens (tertiary/aromatic N) is 1. The minimum atomic E-state index is -1.38. The maximum Gasteiger partial charge on any atom is 0.330 e. The molecule has 1 amide bonds. The SMILES string of the molecule is COc1cc(C(=O)NC2(C(=O)O)CC2c2ccccc2)ccc1[N+](=O)[O-]. The van der Waals surface area contributed by atoms with Gasteiger partial charge in [-0.2, -0.15) is 0 Å². The highest BCUT2D eigenvalue weighted by Crippen LogP contribution is 2.51. The van der Waals surface area contributed by atoms with E-state index in [0.29, 0.717) is 0 Å². The first kappa shape index (κ1) is 17.4. The lowest BCUT2D eigenvalue weighted by Gasteiger charge is -2.15. The number of benzene rings is 2. The van der Waals surface area contributed by atoms with Crippen LogP contribution in [-0.2, 0) is 4.79 Å². The quantitative estimate of drug-likeness (QED) is 0.606. The number of hydrogen-bond acceptors (Lipinski definition) is 5. The summed E-state index contributed by atoms with van der Waals surface area (Å²) in [5, 5.41) is 23.1. The van der Waals surface area contributed by atoms with Crippen molar-refractivity contribution in [2.75, 3.05) is 7.11 Å². The van der Waals surface area contributed by atoms with Gasteiger partial charge < -0.3 is 15.2 Å². The largest absolute Gasteiger partial charge is 0.490 e. The lowest BCUT2D eigenvalue weighted by molar-refractivity contribution is -0.385. The van der Waals surface area contributed by atoms with Crippen molar-refractivity contribution in [3.63, 3.8) is 0 Å². The molecule has 0 spiro atoms. The zero-order valence-corrected chi connectivity index (χ0v) is 13.8. The maximum atomic E-state index is 12.5. The van der Waals surface area contributed by atoms with Crippen molar-refractivity contribution in [3.05, 3.63) is 69.8 Å². The second-order valence-corrected chi connectivity index (χ2v) is 6.04. The molecule has 0 aliphatic heterocycles. The Balaban J connectivity index is 1.85. The summed E-state index contributed by atoms with van der Waals surface area (Å²) in [6.45, 7) is 0. The average Bonchev–Trinajstić information content (AvgIpc) is 3.37. The lowest BCUT2D eigenvalue weighted by Crippen LogP contribution is -2.44. The van der Waals surface area contributed by atoms with Crippen LogP contribution in [0.4, 0.5) is 5.69 Å². The van der Waals surface area contributed by atoms with Crippen molar-refractivity contribution >= 4 is 17.6 Å². The van der Waals surface area contributed by atoms with Gasteiger partial charge in [0.25, 0.3) is 5.91 Å². The third-order valence-electron chi connectivity index (χ3n) is 4.52. The summed E-state index contributed by atoms with van der Waals surface area (Å²) in [7, 11) is 1.26. The number of carbonyl (C=O) groups excluding carboxylic acids is 1. The minimum absolute atomic E-state index is 0.0672. The summed E-state index contributed by atoms with van der Waals surface area (Å²) in [5.41, 5.74) is -0.734. The topological polar surface area (TPSA) is 119 Å². The number of hydrogen-bond donors (Lipinski definition) is 2. The highest BCUT2D eigenvalue weighted by atomic mass is 16.6. The Hall–Kier alpha value is -3.42. The van der Waals surface area contributed by atoms with Crippen molar-refractivity contribution in [2.24, 2.45) is 0 Å². The van der Waals surface area contributed by atoms with E-state index in [9.17, 15) is 24.8 Å². The number of aliphatic carboxylic acids is 1. The van der Waals surface area contributed by atoms with Gasteiger partial charge in [0.2, 0.25) is 0 Å². The summed E-state index contributed by atoms with van der Waals surface area (Å²) < 4.78 is 4.94. The van der Waals surface area contributed by atoms with Crippen molar-refractivity contribution in [2.45, 2.75) is 17.9 Å². The molecule has 3 rings (SSSR count). The fourth-order valence-corrected chi connectivity index (χ4v) is 3.02. The number of carboxylic acids is 1.